The third-order valence-corrected chi connectivity index (χ3v) is 3.57. The summed E-state index contributed by atoms with van der Waals surface area (Å²) in [4.78, 5) is 16.6. The molecule has 3 N–H and O–H groups in total. The molecule has 0 aromatic carbocycles. The lowest BCUT2D eigenvalue weighted by molar-refractivity contribution is 0.0882. The fourth-order valence-electron chi connectivity index (χ4n) is 1.68. The van der Waals surface area contributed by atoms with Crippen molar-refractivity contribution in [1.82, 2.24) is 10.3 Å². The minimum atomic E-state index is -0.394. The van der Waals surface area contributed by atoms with Crippen LogP contribution in [0.1, 0.15) is 42.5 Å². The van der Waals surface area contributed by atoms with Crippen molar-refractivity contribution < 1.29 is 4.79 Å². The van der Waals surface area contributed by atoms with E-state index in [0.717, 1.165) is 11.4 Å². The van der Waals surface area contributed by atoms with Crippen LogP contribution >= 0.6 is 24.8 Å². The molecular formula is C14H25Cl2N3O. The highest BCUT2D eigenvalue weighted by Gasteiger charge is 2.29. The van der Waals surface area contributed by atoms with Gasteiger partial charge in [0.2, 0.25) is 0 Å². The lowest BCUT2D eigenvalue weighted by atomic mass is 9.88. The van der Waals surface area contributed by atoms with Crippen LogP contribution in [-0.4, -0.2) is 23.0 Å². The van der Waals surface area contributed by atoms with Gasteiger partial charge in [-0.3, -0.25) is 9.78 Å². The number of nitrogens with two attached hydrogens (primary N) is 1. The Morgan fingerprint density at radius 2 is 1.90 bits per heavy atom. The maximum absolute atomic E-state index is 12.2. The van der Waals surface area contributed by atoms with Gasteiger partial charge in [-0.1, -0.05) is 13.8 Å². The monoisotopic (exact) mass is 321 g/mol. The maximum Gasteiger partial charge on any atom is 0.253 e. The summed E-state index contributed by atoms with van der Waals surface area (Å²) in [7, 11) is 0. The lowest BCUT2D eigenvalue weighted by Gasteiger charge is -2.33. The molecule has 0 saturated carbocycles. The molecule has 20 heavy (non-hydrogen) atoms. The first kappa shape index (κ1) is 21.5. The SMILES string of the molecule is Cc1ccc(C(=O)NC(C)(CN)C(C)C)c(C)n1.Cl.Cl. The third-order valence-electron chi connectivity index (χ3n) is 3.57. The summed E-state index contributed by atoms with van der Waals surface area (Å²) >= 11 is 0. The number of nitrogens with zero attached hydrogens (tertiary/aromatic N) is 1. The van der Waals surface area contributed by atoms with Crippen molar-refractivity contribution in [3.05, 3.63) is 29.1 Å². The Morgan fingerprint density at radius 3 is 2.30 bits per heavy atom. The van der Waals surface area contributed by atoms with E-state index in [1.54, 1.807) is 0 Å². The number of pyridine rings is 1. The van der Waals surface area contributed by atoms with Crippen LogP contribution in [0.5, 0.6) is 0 Å². The van der Waals surface area contributed by atoms with Gasteiger partial charge in [0.05, 0.1) is 16.8 Å². The number of carbonyl (C=O) groups is 1. The van der Waals surface area contributed by atoms with Crippen LogP contribution in [0.15, 0.2) is 12.1 Å². The molecule has 0 radical (unpaired) electrons. The Balaban J connectivity index is 0. The van der Waals surface area contributed by atoms with Crippen LogP contribution in [0.4, 0.5) is 0 Å². The summed E-state index contributed by atoms with van der Waals surface area (Å²) in [6.07, 6.45) is 0. The Hall–Kier alpha value is -0.840. The standard InChI is InChI=1S/C14H23N3O.2ClH/c1-9(2)14(5,8-15)17-13(18)12-7-6-10(3)16-11(12)4;;/h6-7,9H,8,15H2,1-5H3,(H,17,18);2*1H. The molecule has 1 unspecified atom stereocenters. The van der Waals surface area contributed by atoms with E-state index in [1.807, 2.05) is 46.8 Å². The molecule has 0 aliphatic carbocycles. The molecule has 4 nitrogen and oxygen atoms in total. The van der Waals surface area contributed by atoms with E-state index in [2.05, 4.69) is 10.3 Å². The summed E-state index contributed by atoms with van der Waals surface area (Å²) < 4.78 is 0. The predicted molar refractivity (Wildman–Crippen MR) is 88.0 cm³/mol. The van der Waals surface area contributed by atoms with Crippen molar-refractivity contribution in [3.8, 4) is 0 Å². The molecule has 0 aliphatic rings. The highest BCUT2D eigenvalue weighted by atomic mass is 35.5. The second-order valence-corrected chi connectivity index (χ2v) is 5.32. The average Bonchev–Trinajstić information content (AvgIpc) is 2.28. The van der Waals surface area contributed by atoms with Gasteiger partial charge in [0, 0.05) is 12.2 Å². The molecule has 1 amide bonds. The second-order valence-electron chi connectivity index (χ2n) is 5.32. The molecule has 1 atom stereocenters. The van der Waals surface area contributed by atoms with Gasteiger partial charge < -0.3 is 11.1 Å². The first-order valence-electron chi connectivity index (χ1n) is 6.27. The van der Waals surface area contributed by atoms with E-state index >= 15 is 0 Å². The number of carbonyl (C=O) groups excluding carboxylic acids is 1. The molecule has 116 valence electrons. The Labute approximate surface area is 133 Å². The van der Waals surface area contributed by atoms with Crippen LogP contribution in [0.2, 0.25) is 0 Å². The number of amides is 1. The Kier molecular flexibility index (Phi) is 9.06. The van der Waals surface area contributed by atoms with Gasteiger partial charge in [-0.15, -0.1) is 24.8 Å². The summed E-state index contributed by atoms with van der Waals surface area (Å²) in [6.45, 7) is 10.2. The summed E-state index contributed by atoms with van der Waals surface area (Å²) in [6, 6.07) is 3.65. The van der Waals surface area contributed by atoms with Gasteiger partial charge in [0.25, 0.3) is 5.91 Å². The van der Waals surface area contributed by atoms with Crippen LogP contribution in [0.3, 0.4) is 0 Å². The molecule has 1 heterocycles. The van der Waals surface area contributed by atoms with Crippen molar-refractivity contribution in [2.24, 2.45) is 11.7 Å². The lowest BCUT2D eigenvalue weighted by Crippen LogP contribution is -2.55. The summed E-state index contributed by atoms with van der Waals surface area (Å²) in [5, 5.41) is 3.02. The molecule has 0 spiro atoms. The normalized spacial score (nSPS) is 12.9. The van der Waals surface area contributed by atoms with Crippen molar-refractivity contribution in [1.29, 1.82) is 0 Å². The molecular weight excluding hydrogens is 297 g/mol. The van der Waals surface area contributed by atoms with Crippen molar-refractivity contribution in [2.75, 3.05) is 6.54 Å². The maximum atomic E-state index is 12.2. The number of nitrogens with one attached hydrogen (secondary N) is 1. The van der Waals surface area contributed by atoms with Gasteiger partial charge in [-0.25, -0.2) is 0 Å². The number of aromatic nitrogens is 1. The topological polar surface area (TPSA) is 68.0 Å². The molecule has 0 saturated heterocycles. The highest BCUT2D eigenvalue weighted by Crippen LogP contribution is 2.16. The fourth-order valence-corrected chi connectivity index (χ4v) is 1.68. The fraction of sp³-hybridized carbons (Fsp3) is 0.571. The Morgan fingerprint density at radius 1 is 1.35 bits per heavy atom. The van der Waals surface area contributed by atoms with Crippen LogP contribution in [0, 0.1) is 19.8 Å². The summed E-state index contributed by atoms with van der Waals surface area (Å²) in [5.74, 6) is 0.159. The third kappa shape index (κ3) is 4.93. The minimum absolute atomic E-state index is 0. The smallest absolute Gasteiger partial charge is 0.253 e. The zero-order chi connectivity index (χ0) is 13.9. The zero-order valence-corrected chi connectivity index (χ0v) is 14.3. The highest BCUT2D eigenvalue weighted by molar-refractivity contribution is 5.95. The molecule has 1 rings (SSSR count). The van der Waals surface area contributed by atoms with E-state index in [1.165, 1.54) is 0 Å². The van der Waals surface area contributed by atoms with Crippen molar-refractivity contribution in [2.45, 2.75) is 40.2 Å². The molecule has 1 aromatic rings. The molecule has 6 heteroatoms. The zero-order valence-electron chi connectivity index (χ0n) is 12.7. The van der Waals surface area contributed by atoms with Crippen molar-refractivity contribution in [3.63, 3.8) is 0 Å². The predicted octanol–water partition coefficient (Wildman–Crippen LogP) is 2.65. The van der Waals surface area contributed by atoms with Gasteiger partial charge in [0.15, 0.2) is 0 Å². The van der Waals surface area contributed by atoms with Crippen LogP contribution in [0.25, 0.3) is 0 Å². The van der Waals surface area contributed by atoms with E-state index in [9.17, 15) is 4.79 Å². The first-order valence-corrected chi connectivity index (χ1v) is 6.27. The molecule has 0 bridgehead atoms. The number of hydrogen-bond acceptors (Lipinski definition) is 3. The molecule has 1 aromatic heterocycles. The number of aryl methyl sites for hydroxylation is 2. The minimum Gasteiger partial charge on any atom is -0.345 e. The van der Waals surface area contributed by atoms with E-state index < -0.39 is 5.54 Å². The van der Waals surface area contributed by atoms with Gasteiger partial charge in [0.1, 0.15) is 0 Å². The number of halogens is 2. The first-order chi connectivity index (χ1) is 8.30. The largest absolute Gasteiger partial charge is 0.345 e. The van der Waals surface area contributed by atoms with Crippen molar-refractivity contribution >= 4 is 30.7 Å². The average molecular weight is 322 g/mol. The molecule has 0 fully saturated rings. The summed E-state index contributed by atoms with van der Waals surface area (Å²) in [5.41, 5.74) is 7.64. The van der Waals surface area contributed by atoms with Crippen LogP contribution in [-0.2, 0) is 0 Å². The number of hydrogen-bond donors (Lipinski definition) is 2. The van der Waals surface area contributed by atoms with Gasteiger partial charge in [-0.05, 0) is 38.8 Å². The number of rotatable bonds is 4. The van der Waals surface area contributed by atoms with Gasteiger partial charge in [-0.2, -0.15) is 0 Å². The van der Waals surface area contributed by atoms with E-state index in [-0.39, 0.29) is 36.6 Å². The van der Waals surface area contributed by atoms with Gasteiger partial charge >= 0.3 is 0 Å². The second kappa shape index (κ2) is 8.45. The van der Waals surface area contributed by atoms with E-state index in [0.29, 0.717) is 12.1 Å². The van der Waals surface area contributed by atoms with E-state index in [4.69, 9.17) is 5.73 Å². The molecule has 0 aliphatic heterocycles. The Bertz CT molecular complexity index is 452. The quantitative estimate of drug-likeness (QED) is 0.895. The van der Waals surface area contributed by atoms with Crippen LogP contribution < -0.4 is 11.1 Å².